The fraction of sp³-hybridized carbons (Fsp3) is 0.409. The van der Waals surface area contributed by atoms with Crippen molar-refractivity contribution in [1.82, 2.24) is 9.55 Å². The first-order valence-electron chi connectivity index (χ1n) is 9.69. The summed E-state index contributed by atoms with van der Waals surface area (Å²) < 4.78 is 1.59. The number of nitrogens with one attached hydrogen (secondary N) is 2. The minimum Gasteiger partial charge on any atom is -0.358 e. The summed E-state index contributed by atoms with van der Waals surface area (Å²) in [6.45, 7) is 4.48. The van der Waals surface area contributed by atoms with Crippen molar-refractivity contribution in [3.8, 4) is 0 Å². The van der Waals surface area contributed by atoms with Crippen LogP contribution >= 0.6 is 0 Å². The normalized spacial score (nSPS) is 11.2. The van der Waals surface area contributed by atoms with Crippen LogP contribution in [0.2, 0.25) is 0 Å². The molecule has 0 spiro atoms. The number of nitrogens with zero attached hydrogens (tertiary/aromatic N) is 1. The van der Waals surface area contributed by atoms with Gasteiger partial charge >= 0.3 is 0 Å². The highest BCUT2D eigenvalue weighted by Gasteiger charge is 2.08. The quantitative estimate of drug-likeness (QED) is 0.579. The molecule has 2 aromatic heterocycles. The molecule has 0 aliphatic carbocycles. The molecule has 0 unspecified atom stereocenters. The Bertz CT molecular complexity index is 936. The topological polar surface area (TPSA) is 49.8 Å². The second-order valence-electron chi connectivity index (χ2n) is 7.07. The maximum absolute atomic E-state index is 12.0. The van der Waals surface area contributed by atoms with Crippen molar-refractivity contribution in [2.75, 3.05) is 5.32 Å². The third-order valence-electron chi connectivity index (χ3n) is 4.98. The van der Waals surface area contributed by atoms with Crippen molar-refractivity contribution in [2.24, 2.45) is 7.05 Å². The summed E-state index contributed by atoms with van der Waals surface area (Å²) in [5.41, 5.74) is 5.90. The maximum Gasteiger partial charge on any atom is 0.251 e. The van der Waals surface area contributed by atoms with Crippen LogP contribution in [0.4, 0.5) is 11.4 Å². The van der Waals surface area contributed by atoms with Gasteiger partial charge < -0.3 is 14.9 Å². The second kappa shape index (κ2) is 8.26. The Morgan fingerprint density at radius 3 is 2.50 bits per heavy atom. The maximum atomic E-state index is 12.0. The standard InChI is InChI=1S/C22H29N3O/c1-4-6-8-16-10-11-18(12-17(16)9-7-5-2)24-20-14-23-21-15-25(3)22(26)13-19(20)21/h10-15,23-24H,4-9H2,1-3H3. The van der Waals surface area contributed by atoms with Gasteiger partial charge in [-0.3, -0.25) is 4.79 Å². The molecule has 3 rings (SSSR count). The first-order chi connectivity index (χ1) is 12.6. The van der Waals surface area contributed by atoms with Crippen LogP contribution in [0.15, 0.2) is 41.5 Å². The van der Waals surface area contributed by atoms with E-state index in [0.29, 0.717) is 0 Å². The lowest BCUT2D eigenvalue weighted by Crippen LogP contribution is -2.13. The van der Waals surface area contributed by atoms with Crippen LogP contribution in [0, 0.1) is 0 Å². The van der Waals surface area contributed by atoms with E-state index in [4.69, 9.17) is 0 Å². The molecule has 0 saturated heterocycles. The first-order valence-corrected chi connectivity index (χ1v) is 9.69. The summed E-state index contributed by atoms with van der Waals surface area (Å²) in [5, 5.41) is 4.42. The fourth-order valence-corrected chi connectivity index (χ4v) is 3.37. The van der Waals surface area contributed by atoms with E-state index in [1.54, 1.807) is 17.7 Å². The number of rotatable bonds is 8. The highest BCUT2D eigenvalue weighted by atomic mass is 16.1. The lowest BCUT2D eigenvalue weighted by molar-refractivity contribution is 0.758. The minimum absolute atomic E-state index is 0.00121. The van der Waals surface area contributed by atoms with E-state index in [-0.39, 0.29) is 5.56 Å². The summed E-state index contributed by atoms with van der Waals surface area (Å²) in [5.74, 6) is 0. The molecule has 0 atom stereocenters. The average Bonchev–Trinajstić information content (AvgIpc) is 3.01. The predicted octanol–water partition coefficient (Wildman–Crippen LogP) is 5.30. The van der Waals surface area contributed by atoms with Gasteiger partial charge in [-0.2, -0.15) is 0 Å². The van der Waals surface area contributed by atoms with Crippen LogP contribution in [-0.4, -0.2) is 9.55 Å². The third kappa shape index (κ3) is 4.01. The number of hydrogen-bond donors (Lipinski definition) is 2. The van der Waals surface area contributed by atoms with Gasteiger partial charge in [0, 0.05) is 36.6 Å². The molecule has 0 bridgehead atoms. The van der Waals surface area contributed by atoms with E-state index < -0.39 is 0 Å². The molecule has 0 aliphatic heterocycles. The number of anilines is 2. The van der Waals surface area contributed by atoms with E-state index >= 15 is 0 Å². The zero-order valence-electron chi connectivity index (χ0n) is 16.1. The molecule has 2 heterocycles. The number of fused-ring (bicyclic) bond motifs is 1. The molecule has 1 aromatic carbocycles. The highest BCUT2D eigenvalue weighted by molar-refractivity contribution is 5.93. The predicted molar refractivity (Wildman–Crippen MR) is 110 cm³/mol. The van der Waals surface area contributed by atoms with Gasteiger partial charge in [-0.1, -0.05) is 32.8 Å². The Hall–Kier alpha value is -2.49. The number of hydrogen-bond acceptors (Lipinski definition) is 2. The zero-order valence-corrected chi connectivity index (χ0v) is 16.1. The van der Waals surface area contributed by atoms with Gasteiger partial charge in [-0.25, -0.2) is 0 Å². The molecule has 4 nitrogen and oxygen atoms in total. The molecule has 0 radical (unpaired) electrons. The number of aromatic nitrogens is 2. The van der Waals surface area contributed by atoms with Crippen LogP contribution in [-0.2, 0) is 19.9 Å². The van der Waals surface area contributed by atoms with Gasteiger partial charge in [0.2, 0.25) is 0 Å². The van der Waals surface area contributed by atoms with E-state index in [0.717, 1.165) is 35.1 Å². The Morgan fingerprint density at radius 2 is 1.77 bits per heavy atom. The summed E-state index contributed by atoms with van der Waals surface area (Å²) in [6.07, 6.45) is 10.9. The first kappa shape index (κ1) is 18.3. The lowest BCUT2D eigenvalue weighted by Gasteiger charge is -2.13. The van der Waals surface area contributed by atoms with Crippen LogP contribution in [0.25, 0.3) is 10.9 Å². The molecule has 138 valence electrons. The Kier molecular flexibility index (Phi) is 5.82. The number of pyridine rings is 1. The summed E-state index contributed by atoms with van der Waals surface area (Å²) >= 11 is 0. The largest absolute Gasteiger partial charge is 0.358 e. The SMILES string of the molecule is CCCCc1ccc(Nc2c[nH]c3cn(C)c(=O)cc23)cc1CCCC. The molecule has 0 amide bonds. The van der Waals surface area contributed by atoms with E-state index in [1.165, 1.54) is 36.8 Å². The van der Waals surface area contributed by atoms with Crippen molar-refractivity contribution < 1.29 is 0 Å². The summed E-state index contributed by atoms with van der Waals surface area (Å²) in [7, 11) is 1.77. The second-order valence-corrected chi connectivity index (χ2v) is 7.07. The Morgan fingerprint density at radius 1 is 1.04 bits per heavy atom. The van der Waals surface area contributed by atoms with Gasteiger partial charge in [0.05, 0.1) is 11.2 Å². The van der Waals surface area contributed by atoms with Gasteiger partial charge in [0.25, 0.3) is 5.56 Å². The Labute approximate surface area is 155 Å². The number of unbranched alkanes of at least 4 members (excludes halogenated alkanes) is 2. The number of aryl methyl sites for hydroxylation is 3. The monoisotopic (exact) mass is 351 g/mol. The van der Waals surface area contributed by atoms with Crippen molar-refractivity contribution in [3.63, 3.8) is 0 Å². The van der Waals surface area contributed by atoms with Gasteiger partial charge in [-0.05, 0) is 48.9 Å². The number of benzene rings is 1. The lowest BCUT2D eigenvalue weighted by atomic mass is 9.97. The van der Waals surface area contributed by atoms with E-state index in [9.17, 15) is 4.79 Å². The molecule has 26 heavy (non-hydrogen) atoms. The highest BCUT2D eigenvalue weighted by Crippen LogP contribution is 2.27. The smallest absolute Gasteiger partial charge is 0.251 e. The molecule has 0 saturated carbocycles. The zero-order chi connectivity index (χ0) is 18.5. The molecule has 0 fully saturated rings. The molecule has 3 aromatic rings. The average molecular weight is 351 g/mol. The summed E-state index contributed by atoms with van der Waals surface area (Å²) in [4.78, 5) is 15.2. The van der Waals surface area contributed by atoms with Gasteiger partial charge in [0.15, 0.2) is 0 Å². The molecule has 2 N–H and O–H groups in total. The van der Waals surface area contributed by atoms with Crippen LogP contribution in [0.3, 0.4) is 0 Å². The van der Waals surface area contributed by atoms with Crippen molar-refractivity contribution in [3.05, 3.63) is 58.1 Å². The summed E-state index contributed by atoms with van der Waals surface area (Å²) in [6, 6.07) is 8.37. The third-order valence-corrected chi connectivity index (χ3v) is 4.98. The van der Waals surface area contributed by atoms with Crippen LogP contribution in [0.5, 0.6) is 0 Å². The van der Waals surface area contributed by atoms with Crippen LogP contribution in [0.1, 0.15) is 50.7 Å². The number of aromatic amines is 1. The van der Waals surface area contributed by atoms with Crippen LogP contribution < -0.4 is 10.9 Å². The van der Waals surface area contributed by atoms with Crippen molar-refractivity contribution >= 4 is 22.3 Å². The minimum atomic E-state index is -0.00121. The van der Waals surface area contributed by atoms with Crippen molar-refractivity contribution in [1.29, 1.82) is 0 Å². The molecular formula is C22H29N3O. The van der Waals surface area contributed by atoms with E-state index in [1.807, 2.05) is 12.4 Å². The molecule has 0 aliphatic rings. The number of H-pyrrole nitrogens is 1. The van der Waals surface area contributed by atoms with E-state index in [2.05, 4.69) is 42.3 Å². The fourth-order valence-electron chi connectivity index (χ4n) is 3.37. The van der Waals surface area contributed by atoms with Gasteiger partial charge in [-0.15, -0.1) is 0 Å². The Balaban J connectivity index is 1.89. The molecular weight excluding hydrogens is 322 g/mol. The molecule has 4 heteroatoms. The van der Waals surface area contributed by atoms with Crippen molar-refractivity contribution in [2.45, 2.75) is 52.4 Å². The van der Waals surface area contributed by atoms with Gasteiger partial charge in [0.1, 0.15) is 0 Å².